The van der Waals surface area contributed by atoms with Crippen LogP contribution in [-0.4, -0.2) is 12.6 Å². The lowest BCUT2D eigenvalue weighted by Gasteiger charge is -2.07. The second-order valence-electron chi connectivity index (χ2n) is 3.73. The monoisotopic (exact) mass is 343 g/mol. The lowest BCUT2D eigenvalue weighted by molar-refractivity contribution is 0.0529. The number of esters is 1. The molecule has 0 amide bonds. The van der Waals surface area contributed by atoms with Crippen molar-refractivity contribution in [2.24, 2.45) is 0 Å². The minimum atomic E-state index is -0.465. The first-order valence-electron chi connectivity index (χ1n) is 5.54. The molecule has 0 bridgehead atoms. The normalized spacial score (nSPS) is 10.5. The molecule has 0 fully saturated rings. The van der Waals surface area contributed by atoms with Crippen LogP contribution in [0.25, 0.3) is 11.1 Å². The summed E-state index contributed by atoms with van der Waals surface area (Å²) in [6.45, 7) is 2.01. The highest BCUT2D eigenvalue weighted by Crippen LogP contribution is 2.37. The highest BCUT2D eigenvalue weighted by atomic mass is 79.9. The SMILES string of the molecule is CCOC(=O)c1c(-c2ccc(F)cc2Br)csc1N. The Morgan fingerprint density at radius 2 is 2.21 bits per heavy atom. The summed E-state index contributed by atoms with van der Waals surface area (Å²) < 4.78 is 18.7. The molecular formula is C13H11BrFNO2S. The van der Waals surface area contributed by atoms with E-state index >= 15 is 0 Å². The summed E-state index contributed by atoms with van der Waals surface area (Å²) in [6.07, 6.45) is 0. The van der Waals surface area contributed by atoms with Crippen LogP contribution in [0.15, 0.2) is 28.1 Å². The number of carbonyl (C=O) groups excluding carboxylic acids is 1. The van der Waals surface area contributed by atoms with Crippen LogP contribution in [0.2, 0.25) is 0 Å². The first-order chi connectivity index (χ1) is 9.04. The van der Waals surface area contributed by atoms with E-state index in [1.807, 2.05) is 0 Å². The van der Waals surface area contributed by atoms with Gasteiger partial charge in [-0.25, -0.2) is 9.18 Å². The van der Waals surface area contributed by atoms with Crippen molar-refractivity contribution < 1.29 is 13.9 Å². The van der Waals surface area contributed by atoms with E-state index in [1.54, 1.807) is 18.4 Å². The number of anilines is 1. The number of hydrogen-bond donors (Lipinski definition) is 1. The zero-order valence-electron chi connectivity index (χ0n) is 10.1. The molecule has 2 aromatic rings. The van der Waals surface area contributed by atoms with Crippen molar-refractivity contribution in [3.8, 4) is 11.1 Å². The molecule has 3 nitrogen and oxygen atoms in total. The smallest absolute Gasteiger partial charge is 0.341 e. The Hall–Kier alpha value is -1.40. The van der Waals surface area contributed by atoms with Gasteiger partial charge in [-0.2, -0.15) is 0 Å². The van der Waals surface area contributed by atoms with Crippen LogP contribution in [0.5, 0.6) is 0 Å². The zero-order chi connectivity index (χ0) is 14.0. The Bertz CT molecular complexity index is 627. The van der Waals surface area contributed by atoms with Crippen LogP contribution < -0.4 is 5.73 Å². The van der Waals surface area contributed by atoms with Crippen molar-refractivity contribution in [2.45, 2.75) is 6.92 Å². The summed E-state index contributed by atoms with van der Waals surface area (Å²) in [5.74, 6) is -0.816. The van der Waals surface area contributed by atoms with Crippen LogP contribution >= 0.6 is 27.3 Å². The maximum atomic E-state index is 13.1. The third-order valence-electron chi connectivity index (χ3n) is 2.52. The molecule has 100 valence electrons. The molecule has 0 unspecified atom stereocenters. The summed E-state index contributed by atoms with van der Waals surface area (Å²) in [5, 5.41) is 2.16. The van der Waals surface area contributed by atoms with E-state index in [1.165, 1.54) is 23.5 Å². The quantitative estimate of drug-likeness (QED) is 0.854. The van der Waals surface area contributed by atoms with E-state index < -0.39 is 5.97 Å². The Morgan fingerprint density at radius 1 is 1.47 bits per heavy atom. The van der Waals surface area contributed by atoms with Gasteiger partial charge in [0.2, 0.25) is 0 Å². The van der Waals surface area contributed by atoms with Crippen LogP contribution in [0.3, 0.4) is 0 Å². The van der Waals surface area contributed by atoms with Crippen molar-refractivity contribution in [3.63, 3.8) is 0 Å². The average molecular weight is 344 g/mol. The second kappa shape index (κ2) is 5.71. The van der Waals surface area contributed by atoms with E-state index in [0.29, 0.717) is 26.2 Å². The number of ether oxygens (including phenoxy) is 1. The summed E-state index contributed by atoms with van der Waals surface area (Å²) in [6, 6.07) is 4.28. The molecule has 0 aliphatic carbocycles. The molecule has 1 aromatic heterocycles. The van der Waals surface area contributed by atoms with Gasteiger partial charge in [0.15, 0.2) is 0 Å². The van der Waals surface area contributed by atoms with Crippen LogP contribution in [0, 0.1) is 5.82 Å². The molecule has 19 heavy (non-hydrogen) atoms. The summed E-state index contributed by atoms with van der Waals surface area (Å²) >= 11 is 4.54. The van der Waals surface area contributed by atoms with Crippen LogP contribution in [0.4, 0.5) is 9.39 Å². The third kappa shape index (κ3) is 2.79. The number of rotatable bonds is 3. The molecule has 1 aromatic carbocycles. The largest absolute Gasteiger partial charge is 0.462 e. The maximum absolute atomic E-state index is 13.1. The topological polar surface area (TPSA) is 52.3 Å². The molecule has 0 saturated heterocycles. The Labute approximate surface area is 122 Å². The van der Waals surface area contributed by atoms with E-state index in [9.17, 15) is 9.18 Å². The van der Waals surface area contributed by atoms with Crippen molar-refractivity contribution in [1.82, 2.24) is 0 Å². The first kappa shape index (κ1) is 14.0. The lowest BCUT2D eigenvalue weighted by atomic mass is 10.0. The molecule has 0 spiro atoms. The van der Waals surface area contributed by atoms with Crippen LogP contribution in [0.1, 0.15) is 17.3 Å². The van der Waals surface area contributed by atoms with Crippen molar-refractivity contribution >= 4 is 38.2 Å². The highest BCUT2D eigenvalue weighted by Gasteiger charge is 2.21. The minimum Gasteiger partial charge on any atom is -0.462 e. The Kier molecular flexibility index (Phi) is 4.21. The lowest BCUT2D eigenvalue weighted by Crippen LogP contribution is -2.07. The molecule has 2 N–H and O–H groups in total. The zero-order valence-corrected chi connectivity index (χ0v) is 12.5. The fourth-order valence-electron chi connectivity index (χ4n) is 1.69. The molecule has 0 radical (unpaired) electrons. The van der Waals surface area contributed by atoms with Gasteiger partial charge in [-0.1, -0.05) is 22.0 Å². The Balaban J connectivity index is 2.54. The average Bonchev–Trinajstić information content (AvgIpc) is 2.71. The van der Waals surface area contributed by atoms with Gasteiger partial charge < -0.3 is 10.5 Å². The molecule has 6 heteroatoms. The molecule has 0 atom stereocenters. The minimum absolute atomic E-state index is 0.276. The van der Waals surface area contributed by atoms with Gasteiger partial charge >= 0.3 is 5.97 Å². The van der Waals surface area contributed by atoms with Crippen molar-refractivity contribution in [2.75, 3.05) is 12.3 Å². The molecule has 2 rings (SSSR count). The molecule has 0 aliphatic heterocycles. The van der Waals surface area contributed by atoms with Crippen molar-refractivity contribution in [3.05, 3.63) is 39.4 Å². The third-order valence-corrected chi connectivity index (χ3v) is 3.99. The Morgan fingerprint density at radius 3 is 2.84 bits per heavy atom. The van der Waals surface area contributed by atoms with Gasteiger partial charge in [-0.3, -0.25) is 0 Å². The predicted molar refractivity (Wildman–Crippen MR) is 77.8 cm³/mol. The summed E-state index contributed by atoms with van der Waals surface area (Å²) in [5.41, 5.74) is 7.50. The summed E-state index contributed by atoms with van der Waals surface area (Å²) in [4.78, 5) is 11.9. The van der Waals surface area contributed by atoms with Crippen molar-refractivity contribution in [1.29, 1.82) is 0 Å². The molecule has 1 heterocycles. The number of thiophene rings is 1. The van der Waals surface area contributed by atoms with E-state index in [-0.39, 0.29) is 12.4 Å². The van der Waals surface area contributed by atoms with E-state index in [4.69, 9.17) is 10.5 Å². The van der Waals surface area contributed by atoms with Gasteiger partial charge in [0.05, 0.1) is 6.61 Å². The molecule has 0 aliphatic rings. The fraction of sp³-hybridized carbons (Fsp3) is 0.154. The number of benzene rings is 1. The van der Waals surface area contributed by atoms with Crippen LogP contribution in [-0.2, 0) is 4.74 Å². The molecular weight excluding hydrogens is 333 g/mol. The van der Waals surface area contributed by atoms with Gasteiger partial charge in [0.25, 0.3) is 0 Å². The summed E-state index contributed by atoms with van der Waals surface area (Å²) in [7, 11) is 0. The standard InChI is InChI=1S/C13H11BrFNO2S/c1-2-18-13(17)11-9(6-19-12(11)16)8-4-3-7(15)5-10(8)14/h3-6H,2,16H2,1H3. The number of carbonyl (C=O) groups is 1. The second-order valence-corrected chi connectivity index (χ2v) is 5.50. The van der Waals surface area contributed by atoms with Gasteiger partial charge in [-0.15, -0.1) is 11.3 Å². The fourth-order valence-corrected chi connectivity index (χ4v) is 3.06. The van der Waals surface area contributed by atoms with Gasteiger partial charge in [0.1, 0.15) is 16.4 Å². The number of halogens is 2. The van der Waals surface area contributed by atoms with Gasteiger partial charge in [0, 0.05) is 15.4 Å². The maximum Gasteiger partial charge on any atom is 0.341 e. The first-order valence-corrected chi connectivity index (χ1v) is 7.21. The number of nitrogens with two attached hydrogens (primary N) is 1. The number of nitrogen functional groups attached to an aromatic ring is 1. The number of hydrogen-bond acceptors (Lipinski definition) is 4. The predicted octanol–water partition coefficient (Wildman–Crippen LogP) is 4.08. The highest BCUT2D eigenvalue weighted by molar-refractivity contribution is 9.10. The molecule has 0 saturated carbocycles. The van der Waals surface area contributed by atoms with E-state index in [2.05, 4.69) is 15.9 Å². The van der Waals surface area contributed by atoms with Gasteiger partial charge in [-0.05, 0) is 24.6 Å². The van der Waals surface area contributed by atoms with E-state index in [0.717, 1.165) is 0 Å².